The van der Waals surface area contributed by atoms with Gasteiger partial charge in [0.2, 0.25) is 11.5 Å². The van der Waals surface area contributed by atoms with Gasteiger partial charge in [0.15, 0.2) is 5.69 Å². The van der Waals surface area contributed by atoms with Crippen LogP contribution in [0.1, 0.15) is 60.8 Å². The SMILES string of the molecule is C=CCC(COc1nc(C(=O)NNC(=O)C(CC=C)(OCc2ccccc2)C(F)(F)F)c(NC(=O)OC(C)(C)C)cc1C(F)(F)F)OCc1ccccc1. The van der Waals surface area contributed by atoms with Gasteiger partial charge >= 0.3 is 18.4 Å². The lowest BCUT2D eigenvalue weighted by Crippen LogP contribution is -2.61. The van der Waals surface area contributed by atoms with E-state index in [1.54, 1.807) is 47.2 Å². The zero-order chi connectivity index (χ0) is 40.2. The Morgan fingerprint density at radius 1 is 0.852 bits per heavy atom. The third kappa shape index (κ3) is 12.3. The summed E-state index contributed by atoms with van der Waals surface area (Å²) in [6.45, 7) is 10.1. The maximum Gasteiger partial charge on any atom is 0.427 e. The van der Waals surface area contributed by atoms with E-state index in [2.05, 4.69) is 18.1 Å². The minimum absolute atomic E-state index is 0.0642. The van der Waals surface area contributed by atoms with Crippen molar-refractivity contribution in [2.75, 3.05) is 11.9 Å². The minimum Gasteiger partial charge on any atom is -0.474 e. The van der Waals surface area contributed by atoms with Crippen molar-refractivity contribution in [3.05, 3.63) is 114 Å². The van der Waals surface area contributed by atoms with E-state index in [0.717, 1.165) is 11.6 Å². The Bertz CT molecular complexity index is 1750. The molecule has 0 spiro atoms. The summed E-state index contributed by atoms with van der Waals surface area (Å²) in [5.74, 6) is -4.59. The van der Waals surface area contributed by atoms with Crippen LogP contribution in [0.3, 0.4) is 0 Å². The molecule has 292 valence electrons. The number of rotatable bonds is 16. The zero-order valence-electron chi connectivity index (χ0n) is 29.6. The van der Waals surface area contributed by atoms with Crippen molar-refractivity contribution >= 4 is 23.6 Å². The molecule has 2 atom stereocenters. The summed E-state index contributed by atoms with van der Waals surface area (Å²) in [5.41, 5.74) is -3.75. The Kier molecular flexibility index (Phi) is 14.8. The molecule has 1 heterocycles. The van der Waals surface area contributed by atoms with Crippen molar-refractivity contribution in [3.8, 4) is 5.88 Å². The Balaban J connectivity index is 1.98. The molecule has 0 aliphatic carbocycles. The van der Waals surface area contributed by atoms with E-state index in [1.807, 2.05) is 5.32 Å². The number of alkyl halides is 6. The summed E-state index contributed by atoms with van der Waals surface area (Å²) in [6.07, 6.45) is -11.4. The normalized spacial score (nSPS) is 13.5. The lowest BCUT2D eigenvalue weighted by molar-refractivity contribution is -0.270. The van der Waals surface area contributed by atoms with Crippen molar-refractivity contribution in [1.82, 2.24) is 15.8 Å². The number of ether oxygens (including phenoxy) is 4. The van der Waals surface area contributed by atoms with Gasteiger partial charge in [-0.2, -0.15) is 26.3 Å². The molecule has 0 aliphatic rings. The predicted octanol–water partition coefficient (Wildman–Crippen LogP) is 7.84. The van der Waals surface area contributed by atoms with Crippen LogP contribution in [0.25, 0.3) is 0 Å². The highest BCUT2D eigenvalue weighted by Gasteiger charge is 2.61. The number of carbonyl (C=O) groups is 3. The molecule has 17 heteroatoms. The van der Waals surface area contributed by atoms with Crippen molar-refractivity contribution in [2.45, 2.75) is 76.5 Å². The lowest BCUT2D eigenvalue weighted by Gasteiger charge is -2.33. The Labute approximate surface area is 307 Å². The Hall–Kier alpha value is -5.42. The number of carbonyl (C=O) groups excluding carboxylic acids is 3. The second-order valence-corrected chi connectivity index (χ2v) is 12.6. The number of halogens is 6. The van der Waals surface area contributed by atoms with Gasteiger partial charge < -0.3 is 18.9 Å². The zero-order valence-corrected chi connectivity index (χ0v) is 29.6. The molecule has 0 radical (unpaired) electrons. The molecular weight excluding hydrogens is 726 g/mol. The van der Waals surface area contributed by atoms with Crippen molar-refractivity contribution in [2.24, 2.45) is 0 Å². The molecule has 2 unspecified atom stereocenters. The molecule has 0 aliphatic heterocycles. The molecule has 3 aromatic rings. The predicted molar refractivity (Wildman–Crippen MR) is 185 cm³/mol. The number of hydrogen-bond acceptors (Lipinski definition) is 8. The highest BCUT2D eigenvalue weighted by atomic mass is 19.4. The first-order valence-electron chi connectivity index (χ1n) is 16.3. The van der Waals surface area contributed by atoms with Gasteiger partial charge in [-0.1, -0.05) is 72.8 Å². The van der Waals surface area contributed by atoms with Gasteiger partial charge in [-0.25, -0.2) is 9.78 Å². The lowest BCUT2D eigenvalue weighted by atomic mass is 9.97. The quantitative estimate of drug-likeness (QED) is 0.0763. The first-order chi connectivity index (χ1) is 25.3. The summed E-state index contributed by atoms with van der Waals surface area (Å²) < 4.78 is 108. The van der Waals surface area contributed by atoms with Crippen LogP contribution < -0.4 is 20.9 Å². The van der Waals surface area contributed by atoms with Crippen LogP contribution in [0.5, 0.6) is 5.88 Å². The van der Waals surface area contributed by atoms with Crippen LogP contribution in [-0.2, 0) is 38.4 Å². The average Bonchev–Trinajstić information content (AvgIpc) is 3.09. The second-order valence-electron chi connectivity index (χ2n) is 12.6. The van der Waals surface area contributed by atoms with E-state index in [4.69, 9.17) is 18.9 Å². The van der Waals surface area contributed by atoms with Crippen LogP contribution >= 0.6 is 0 Å². The monoisotopic (exact) mass is 766 g/mol. The van der Waals surface area contributed by atoms with Crippen LogP contribution in [0.4, 0.5) is 36.8 Å². The van der Waals surface area contributed by atoms with Gasteiger partial charge in [-0.05, 0) is 44.4 Å². The third-order valence-corrected chi connectivity index (χ3v) is 7.18. The van der Waals surface area contributed by atoms with Crippen LogP contribution in [0.15, 0.2) is 92.0 Å². The number of nitrogens with zero attached hydrogens (tertiary/aromatic N) is 1. The number of nitrogens with one attached hydrogen (secondary N) is 3. The summed E-state index contributed by atoms with van der Waals surface area (Å²) in [4.78, 5) is 43.0. The van der Waals surface area contributed by atoms with Crippen molar-refractivity contribution < 1.29 is 59.7 Å². The van der Waals surface area contributed by atoms with Gasteiger partial charge in [-0.15, -0.1) is 13.2 Å². The van der Waals surface area contributed by atoms with E-state index in [-0.39, 0.29) is 18.6 Å². The van der Waals surface area contributed by atoms with Gasteiger partial charge in [0.1, 0.15) is 17.8 Å². The van der Waals surface area contributed by atoms with E-state index >= 15 is 0 Å². The summed E-state index contributed by atoms with van der Waals surface area (Å²) in [5, 5.41) is 2.00. The minimum atomic E-state index is -5.35. The number of anilines is 1. The third-order valence-electron chi connectivity index (χ3n) is 7.18. The van der Waals surface area contributed by atoms with E-state index in [9.17, 15) is 40.7 Å². The van der Waals surface area contributed by atoms with Crippen molar-refractivity contribution in [1.29, 1.82) is 0 Å². The highest BCUT2D eigenvalue weighted by Crippen LogP contribution is 2.39. The maximum absolute atomic E-state index is 14.5. The summed E-state index contributed by atoms with van der Waals surface area (Å²) >= 11 is 0. The number of pyridine rings is 1. The second kappa shape index (κ2) is 18.6. The molecular formula is C37H40F6N4O7. The molecule has 11 nitrogen and oxygen atoms in total. The molecule has 0 saturated heterocycles. The molecule has 0 saturated carbocycles. The maximum atomic E-state index is 14.5. The first-order valence-corrected chi connectivity index (χ1v) is 16.3. The van der Waals surface area contributed by atoms with Crippen LogP contribution in [0.2, 0.25) is 0 Å². The number of benzene rings is 2. The average molecular weight is 767 g/mol. The van der Waals surface area contributed by atoms with Crippen LogP contribution in [-0.4, -0.2) is 53.0 Å². The van der Waals surface area contributed by atoms with Crippen LogP contribution in [0, 0.1) is 0 Å². The largest absolute Gasteiger partial charge is 0.474 e. The molecule has 0 fully saturated rings. The molecule has 2 aromatic carbocycles. The first kappa shape index (κ1) is 43.0. The molecule has 54 heavy (non-hydrogen) atoms. The molecule has 1 aromatic heterocycles. The van der Waals surface area contributed by atoms with Gasteiger partial charge in [0, 0.05) is 6.42 Å². The van der Waals surface area contributed by atoms with Gasteiger partial charge in [0.05, 0.1) is 25.0 Å². The fraction of sp³-hybridized carbons (Fsp3) is 0.351. The molecule has 3 amide bonds. The van der Waals surface area contributed by atoms with E-state index < -0.39 is 90.0 Å². The van der Waals surface area contributed by atoms with E-state index in [0.29, 0.717) is 6.07 Å². The Morgan fingerprint density at radius 2 is 1.44 bits per heavy atom. The molecule has 0 bridgehead atoms. The fourth-order valence-corrected chi connectivity index (χ4v) is 4.62. The van der Waals surface area contributed by atoms with Crippen molar-refractivity contribution in [3.63, 3.8) is 0 Å². The molecule has 3 rings (SSSR count). The topological polar surface area (TPSA) is 137 Å². The highest BCUT2D eigenvalue weighted by molar-refractivity contribution is 6.02. The number of hydrazine groups is 1. The number of aromatic nitrogens is 1. The smallest absolute Gasteiger partial charge is 0.427 e. The van der Waals surface area contributed by atoms with E-state index in [1.165, 1.54) is 51.1 Å². The summed E-state index contributed by atoms with van der Waals surface area (Å²) in [6, 6.07) is 16.8. The standard InChI is InChI=1S/C37H40F6N4O7/c1-6-14-26(51-21-24-15-10-8-11-16-24)23-52-31-27(36(38,39)40)20-28(44-33(50)54-34(3,4)5)29(45-31)30(48)46-47-32(49)35(19-7-2,37(41,42)43)53-22-25-17-12-9-13-18-25/h6-13,15-18,20,26H,1-2,14,19,21-23H2,3-5H3,(H,44,50)(H,46,48)(H,47,49). The molecule has 3 N–H and O–H groups in total. The van der Waals surface area contributed by atoms with Gasteiger partial charge in [0.25, 0.3) is 11.8 Å². The number of amides is 3. The Morgan fingerprint density at radius 3 is 1.96 bits per heavy atom. The summed E-state index contributed by atoms with van der Waals surface area (Å²) in [7, 11) is 0. The van der Waals surface area contributed by atoms with Gasteiger partial charge in [-0.3, -0.25) is 25.8 Å². The number of hydrogen-bond donors (Lipinski definition) is 3. The fourth-order valence-electron chi connectivity index (χ4n) is 4.62.